The van der Waals surface area contributed by atoms with Crippen molar-refractivity contribution in [3.05, 3.63) is 35.9 Å². The quantitative estimate of drug-likeness (QED) is 0.783. The third-order valence-corrected chi connectivity index (χ3v) is 3.06. The van der Waals surface area contributed by atoms with Gasteiger partial charge in [-0.25, -0.2) is 0 Å². The van der Waals surface area contributed by atoms with Gasteiger partial charge >= 0.3 is 0 Å². The van der Waals surface area contributed by atoms with Crippen molar-refractivity contribution in [2.45, 2.75) is 32.3 Å². The van der Waals surface area contributed by atoms with Crippen molar-refractivity contribution in [2.75, 3.05) is 19.7 Å². The van der Waals surface area contributed by atoms with E-state index < -0.39 is 0 Å². The van der Waals surface area contributed by atoms with E-state index in [2.05, 4.69) is 41.5 Å². The third-order valence-electron chi connectivity index (χ3n) is 3.06. The SMILES string of the molecule is CCCCO[C@@H](C1=NCCCN1)c1ccccc1. The molecule has 0 amide bonds. The molecule has 0 fully saturated rings. The molecular formula is C15H22N2O. The summed E-state index contributed by atoms with van der Waals surface area (Å²) in [6.45, 7) is 4.87. The molecule has 1 aromatic rings. The van der Waals surface area contributed by atoms with Crippen LogP contribution in [0.15, 0.2) is 35.3 Å². The molecule has 0 aromatic heterocycles. The zero-order chi connectivity index (χ0) is 12.6. The maximum Gasteiger partial charge on any atom is 0.139 e. The minimum absolute atomic E-state index is 0.0296. The summed E-state index contributed by atoms with van der Waals surface area (Å²) >= 11 is 0. The van der Waals surface area contributed by atoms with Gasteiger partial charge in [0.15, 0.2) is 0 Å². The predicted molar refractivity (Wildman–Crippen MR) is 75.0 cm³/mol. The van der Waals surface area contributed by atoms with Crippen LogP contribution in [0.25, 0.3) is 0 Å². The number of aliphatic imine (C=N–C) groups is 1. The molecule has 1 atom stereocenters. The van der Waals surface area contributed by atoms with E-state index in [1.807, 2.05) is 6.07 Å². The topological polar surface area (TPSA) is 33.6 Å². The fourth-order valence-corrected chi connectivity index (χ4v) is 2.03. The van der Waals surface area contributed by atoms with Crippen LogP contribution in [0.1, 0.15) is 37.9 Å². The Hall–Kier alpha value is -1.35. The summed E-state index contributed by atoms with van der Waals surface area (Å²) < 4.78 is 6.01. The second-order valence-corrected chi connectivity index (χ2v) is 4.56. The van der Waals surface area contributed by atoms with Gasteiger partial charge in [0, 0.05) is 19.7 Å². The summed E-state index contributed by atoms with van der Waals surface area (Å²) in [5.41, 5.74) is 1.18. The summed E-state index contributed by atoms with van der Waals surface area (Å²) in [5, 5.41) is 3.37. The van der Waals surface area contributed by atoms with E-state index in [4.69, 9.17) is 4.74 Å². The van der Waals surface area contributed by atoms with Crippen LogP contribution >= 0.6 is 0 Å². The number of hydrogen-bond donors (Lipinski definition) is 1. The second kappa shape index (κ2) is 7.17. The number of benzene rings is 1. The van der Waals surface area contributed by atoms with E-state index in [9.17, 15) is 0 Å². The van der Waals surface area contributed by atoms with Gasteiger partial charge in [-0.1, -0.05) is 43.7 Å². The number of rotatable bonds is 6. The first-order chi connectivity index (χ1) is 8.92. The van der Waals surface area contributed by atoms with Gasteiger partial charge in [-0.05, 0) is 18.4 Å². The second-order valence-electron chi connectivity index (χ2n) is 4.56. The number of ether oxygens (including phenoxy) is 1. The summed E-state index contributed by atoms with van der Waals surface area (Å²) in [4.78, 5) is 4.57. The highest BCUT2D eigenvalue weighted by Crippen LogP contribution is 2.20. The molecule has 0 spiro atoms. The Bertz CT molecular complexity index is 375. The number of nitrogens with zero attached hydrogens (tertiary/aromatic N) is 1. The molecule has 3 heteroatoms. The Balaban J connectivity index is 2.09. The molecule has 0 aliphatic carbocycles. The van der Waals surface area contributed by atoms with Crippen molar-refractivity contribution >= 4 is 5.84 Å². The van der Waals surface area contributed by atoms with Gasteiger partial charge in [0.1, 0.15) is 11.9 Å². The number of hydrogen-bond acceptors (Lipinski definition) is 3. The molecular weight excluding hydrogens is 224 g/mol. The summed E-state index contributed by atoms with van der Waals surface area (Å²) in [5.74, 6) is 0.989. The van der Waals surface area contributed by atoms with Crippen molar-refractivity contribution in [2.24, 2.45) is 4.99 Å². The van der Waals surface area contributed by atoms with Crippen LogP contribution in [0, 0.1) is 0 Å². The number of nitrogens with one attached hydrogen (secondary N) is 1. The molecule has 0 saturated carbocycles. The molecule has 2 rings (SSSR count). The molecule has 0 saturated heterocycles. The molecule has 1 aliphatic rings. The highest BCUT2D eigenvalue weighted by molar-refractivity contribution is 5.88. The molecule has 0 bridgehead atoms. The summed E-state index contributed by atoms with van der Waals surface area (Å²) in [6.07, 6.45) is 3.33. The van der Waals surface area contributed by atoms with Crippen molar-refractivity contribution < 1.29 is 4.74 Å². The maximum absolute atomic E-state index is 6.01. The fraction of sp³-hybridized carbons (Fsp3) is 0.533. The lowest BCUT2D eigenvalue weighted by Gasteiger charge is -2.24. The van der Waals surface area contributed by atoms with Gasteiger partial charge in [0.25, 0.3) is 0 Å². The first-order valence-electron chi connectivity index (χ1n) is 6.86. The largest absolute Gasteiger partial charge is 0.371 e. The van der Waals surface area contributed by atoms with Crippen molar-refractivity contribution in [3.63, 3.8) is 0 Å². The molecule has 0 radical (unpaired) electrons. The fourth-order valence-electron chi connectivity index (χ4n) is 2.03. The molecule has 1 heterocycles. The Morgan fingerprint density at radius 2 is 2.17 bits per heavy atom. The van der Waals surface area contributed by atoms with E-state index >= 15 is 0 Å². The molecule has 18 heavy (non-hydrogen) atoms. The lowest BCUT2D eigenvalue weighted by atomic mass is 10.1. The van der Waals surface area contributed by atoms with E-state index in [0.29, 0.717) is 0 Å². The van der Waals surface area contributed by atoms with Crippen LogP contribution in [-0.4, -0.2) is 25.5 Å². The van der Waals surface area contributed by atoms with Crippen molar-refractivity contribution in [3.8, 4) is 0 Å². The minimum Gasteiger partial charge on any atom is -0.371 e. The van der Waals surface area contributed by atoms with Crippen LogP contribution in [0.2, 0.25) is 0 Å². The van der Waals surface area contributed by atoms with Gasteiger partial charge in [-0.3, -0.25) is 4.99 Å². The zero-order valence-electron chi connectivity index (χ0n) is 11.1. The van der Waals surface area contributed by atoms with Crippen LogP contribution in [0.3, 0.4) is 0 Å². The van der Waals surface area contributed by atoms with Crippen LogP contribution in [0.4, 0.5) is 0 Å². The Labute approximate surface area is 109 Å². The first-order valence-corrected chi connectivity index (χ1v) is 6.86. The summed E-state index contributed by atoms with van der Waals surface area (Å²) in [6, 6.07) is 10.3. The van der Waals surface area contributed by atoms with Crippen LogP contribution < -0.4 is 5.32 Å². The molecule has 0 unspecified atom stereocenters. The molecule has 1 N–H and O–H groups in total. The molecule has 1 aromatic carbocycles. The average molecular weight is 246 g/mol. The van der Waals surface area contributed by atoms with Crippen LogP contribution in [-0.2, 0) is 4.74 Å². The normalized spacial score (nSPS) is 16.8. The Morgan fingerprint density at radius 3 is 2.83 bits per heavy atom. The highest BCUT2D eigenvalue weighted by atomic mass is 16.5. The molecule has 3 nitrogen and oxygen atoms in total. The summed E-state index contributed by atoms with van der Waals surface area (Å²) in [7, 11) is 0. The average Bonchev–Trinajstić information content (AvgIpc) is 2.46. The van der Waals surface area contributed by atoms with Gasteiger partial charge < -0.3 is 10.1 Å². The smallest absolute Gasteiger partial charge is 0.139 e. The van der Waals surface area contributed by atoms with E-state index in [-0.39, 0.29) is 6.10 Å². The zero-order valence-corrected chi connectivity index (χ0v) is 11.1. The molecule has 98 valence electrons. The van der Waals surface area contributed by atoms with Crippen molar-refractivity contribution in [1.82, 2.24) is 5.32 Å². The van der Waals surface area contributed by atoms with Gasteiger partial charge in [0.2, 0.25) is 0 Å². The minimum atomic E-state index is -0.0296. The lowest BCUT2D eigenvalue weighted by molar-refractivity contribution is 0.0926. The maximum atomic E-state index is 6.01. The Morgan fingerprint density at radius 1 is 1.33 bits per heavy atom. The monoisotopic (exact) mass is 246 g/mol. The molecule has 1 aliphatic heterocycles. The first kappa shape index (κ1) is 13.1. The third kappa shape index (κ3) is 3.57. The van der Waals surface area contributed by atoms with E-state index in [0.717, 1.165) is 44.8 Å². The van der Waals surface area contributed by atoms with E-state index in [1.54, 1.807) is 0 Å². The number of unbranched alkanes of at least 4 members (excludes halogenated alkanes) is 1. The standard InChI is InChI=1S/C15H22N2O/c1-2-3-12-18-14(13-8-5-4-6-9-13)15-16-10-7-11-17-15/h4-6,8-9,14H,2-3,7,10-12H2,1H3,(H,16,17)/t14-/m1/s1. The van der Waals surface area contributed by atoms with Gasteiger partial charge in [-0.2, -0.15) is 0 Å². The van der Waals surface area contributed by atoms with Crippen LogP contribution in [0.5, 0.6) is 0 Å². The van der Waals surface area contributed by atoms with Gasteiger partial charge in [0.05, 0.1) is 0 Å². The Kier molecular flexibility index (Phi) is 5.21. The predicted octanol–water partition coefficient (Wildman–Crippen LogP) is 2.94. The number of amidine groups is 1. The van der Waals surface area contributed by atoms with E-state index in [1.165, 1.54) is 5.56 Å². The van der Waals surface area contributed by atoms with Crippen molar-refractivity contribution in [1.29, 1.82) is 0 Å². The van der Waals surface area contributed by atoms with Gasteiger partial charge in [-0.15, -0.1) is 0 Å². The lowest BCUT2D eigenvalue weighted by Crippen LogP contribution is -2.35. The highest BCUT2D eigenvalue weighted by Gasteiger charge is 2.20.